The van der Waals surface area contributed by atoms with Crippen LogP contribution >= 0.6 is 0 Å². The van der Waals surface area contributed by atoms with E-state index in [4.69, 9.17) is 0 Å². The lowest BCUT2D eigenvalue weighted by molar-refractivity contribution is -0.120. The average Bonchev–Trinajstić information content (AvgIpc) is 3.14. The van der Waals surface area contributed by atoms with E-state index >= 15 is 0 Å². The van der Waals surface area contributed by atoms with E-state index in [0.29, 0.717) is 5.92 Å². The van der Waals surface area contributed by atoms with Crippen molar-refractivity contribution in [1.82, 2.24) is 14.9 Å². The Labute approximate surface area is 149 Å². The highest BCUT2D eigenvalue weighted by atomic mass is 16.2. The van der Waals surface area contributed by atoms with Crippen LogP contribution in [0.1, 0.15) is 43.5 Å². The van der Waals surface area contributed by atoms with E-state index in [0.717, 1.165) is 50.4 Å². The molecule has 0 fully saturated rings. The number of carbonyl (C=O) groups excluding carboxylic acids is 1. The van der Waals surface area contributed by atoms with Crippen LogP contribution in [-0.2, 0) is 17.8 Å². The van der Waals surface area contributed by atoms with Crippen molar-refractivity contribution in [3.63, 3.8) is 0 Å². The van der Waals surface area contributed by atoms with E-state index < -0.39 is 0 Å². The lowest BCUT2D eigenvalue weighted by Gasteiger charge is -2.32. The van der Waals surface area contributed by atoms with Gasteiger partial charge in [-0.05, 0) is 44.2 Å². The van der Waals surface area contributed by atoms with Gasteiger partial charge in [0.2, 0.25) is 5.91 Å². The smallest absolute Gasteiger partial charge is 0.243 e. The number of nitrogens with zero attached hydrogens (tertiary/aromatic N) is 3. The minimum absolute atomic E-state index is 0.173. The monoisotopic (exact) mass is 338 g/mol. The van der Waals surface area contributed by atoms with Crippen LogP contribution in [0, 0.1) is 0 Å². The number of hydrogen-bond acceptors (Lipinski definition) is 3. The van der Waals surface area contributed by atoms with Crippen LogP contribution in [0.25, 0.3) is 0 Å². The fraction of sp³-hybridized carbons (Fsp3) is 0.500. The number of benzene rings is 1. The van der Waals surface area contributed by atoms with Gasteiger partial charge < -0.3 is 14.8 Å². The fourth-order valence-electron chi connectivity index (χ4n) is 4.10. The Balaban J connectivity index is 1.41. The molecular formula is C20H26N4O. The van der Waals surface area contributed by atoms with E-state index in [-0.39, 0.29) is 11.9 Å². The molecule has 1 amide bonds. The van der Waals surface area contributed by atoms with Crippen LogP contribution in [0.4, 0.5) is 5.69 Å². The summed E-state index contributed by atoms with van der Waals surface area (Å²) in [6.07, 6.45) is 8.35. The second kappa shape index (κ2) is 7.00. The first-order chi connectivity index (χ1) is 12.2. The summed E-state index contributed by atoms with van der Waals surface area (Å²) in [7, 11) is 0. The number of carbonyl (C=O) groups is 1. The standard InChI is InChI=1S/C20H26N4O/c1-15(22-14-17-8-4-11-23-13-10-21-19(17)23)20(25)24-12-5-7-16-6-2-3-9-18(16)24/h2-3,6,9-10,13,15,17,22H,4-5,7-8,11-12,14H2,1H3/t15-,17-/m1/s1. The Hall–Kier alpha value is -2.14. The molecule has 1 aromatic heterocycles. The summed E-state index contributed by atoms with van der Waals surface area (Å²) in [6.45, 7) is 4.66. The van der Waals surface area contributed by atoms with Gasteiger partial charge in [-0.3, -0.25) is 4.79 Å². The molecule has 2 aromatic rings. The van der Waals surface area contributed by atoms with Gasteiger partial charge in [-0.15, -0.1) is 0 Å². The molecular weight excluding hydrogens is 312 g/mol. The predicted molar refractivity (Wildman–Crippen MR) is 98.8 cm³/mol. The normalized spacial score (nSPS) is 20.7. The van der Waals surface area contributed by atoms with Crippen LogP contribution in [0.5, 0.6) is 0 Å². The second-order valence-corrected chi connectivity index (χ2v) is 7.17. The number of aryl methyl sites for hydroxylation is 2. The molecule has 2 atom stereocenters. The van der Waals surface area contributed by atoms with E-state index in [9.17, 15) is 4.79 Å². The van der Waals surface area contributed by atoms with Crippen LogP contribution in [0.2, 0.25) is 0 Å². The van der Waals surface area contributed by atoms with Gasteiger partial charge in [0.15, 0.2) is 0 Å². The molecule has 0 aliphatic carbocycles. The lowest BCUT2D eigenvalue weighted by Crippen LogP contribution is -2.48. The zero-order valence-electron chi connectivity index (χ0n) is 14.8. The second-order valence-electron chi connectivity index (χ2n) is 7.17. The third-order valence-corrected chi connectivity index (χ3v) is 5.48. The summed E-state index contributed by atoms with van der Waals surface area (Å²) >= 11 is 0. The summed E-state index contributed by atoms with van der Waals surface area (Å²) in [5.41, 5.74) is 2.37. The highest BCUT2D eigenvalue weighted by molar-refractivity contribution is 5.98. The summed E-state index contributed by atoms with van der Waals surface area (Å²) in [5.74, 6) is 1.72. The maximum Gasteiger partial charge on any atom is 0.243 e. The SMILES string of the molecule is C[C@@H](NC[C@H]1CCCn2ccnc21)C(=O)N1CCCc2ccccc21. The van der Waals surface area contributed by atoms with Gasteiger partial charge >= 0.3 is 0 Å². The maximum atomic E-state index is 13.0. The molecule has 5 nitrogen and oxygen atoms in total. The van der Waals surface area contributed by atoms with Crippen molar-refractivity contribution in [3.05, 3.63) is 48.0 Å². The molecule has 0 unspecified atom stereocenters. The molecule has 0 saturated heterocycles. The molecule has 0 bridgehead atoms. The van der Waals surface area contributed by atoms with Crippen molar-refractivity contribution in [3.8, 4) is 0 Å². The van der Waals surface area contributed by atoms with Crippen molar-refractivity contribution < 1.29 is 4.79 Å². The quantitative estimate of drug-likeness (QED) is 0.932. The molecule has 0 radical (unpaired) electrons. The van der Waals surface area contributed by atoms with Gasteiger partial charge in [-0.2, -0.15) is 0 Å². The van der Waals surface area contributed by atoms with Crippen molar-refractivity contribution in [2.45, 2.75) is 51.1 Å². The largest absolute Gasteiger partial charge is 0.335 e. The number of nitrogens with one attached hydrogen (secondary N) is 1. The molecule has 25 heavy (non-hydrogen) atoms. The number of rotatable bonds is 4. The molecule has 1 aromatic carbocycles. The first kappa shape index (κ1) is 16.3. The topological polar surface area (TPSA) is 50.2 Å². The van der Waals surface area contributed by atoms with Crippen LogP contribution in [0.3, 0.4) is 0 Å². The van der Waals surface area contributed by atoms with Gasteiger partial charge in [0.05, 0.1) is 6.04 Å². The van der Waals surface area contributed by atoms with Crippen molar-refractivity contribution in [2.24, 2.45) is 0 Å². The van der Waals surface area contributed by atoms with Gasteiger partial charge in [0, 0.05) is 43.6 Å². The first-order valence-electron chi connectivity index (χ1n) is 9.38. The molecule has 0 saturated carbocycles. The highest BCUT2D eigenvalue weighted by Crippen LogP contribution is 2.28. The van der Waals surface area contributed by atoms with Gasteiger partial charge in [0.1, 0.15) is 5.82 Å². The average molecular weight is 338 g/mol. The third kappa shape index (κ3) is 3.21. The van der Waals surface area contributed by atoms with Crippen molar-refractivity contribution in [1.29, 1.82) is 0 Å². The molecule has 3 heterocycles. The van der Waals surface area contributed by atoms with Gasteiger partial charge in [0.25, 0.3) is 0 Å². The number of imidazole rings is 1. The number of amides is 1. The zero-order chi connectivity index (χ0) is 17.2. The fourth-order valence-corrected chi connectivity index (χ4v) is 4.10. The number of hydrogen-bond donors (Lipinski definition) is 1. The van der Waals surface area contributed by atoms with Crippen LogP contribution in [-0.4, -0.2) is 34.6 Å². The van der Waals surface area contributed by atoms with E-state index in [2.05, 4.69) is 39.3 Å². The Morgan fingerprint density at radius 3 is 3.12 bits per heavy atom. The van der Waals surface area contributed by atoms with Gasteiger partial charge in [-0.1, -0.05) is 18.2 Å². The summed E-state index contributed by atoms with van der Waals surface area (Å²) in [4.78, 5) is 19.4. The Kier molecular flexibility index (Phi) is 4.57. The van der Waals surface area contributed by atoms with E-state index in [1.165, 1.54) is 12.0 Å². The Bertz CT molecular complexity index is 754. The maximum absolute atomic E-state index is 13.0. The predicted octanol–water partition coefficient (Wildman–Crippen LogP) is 2.72. The van der Waals surface area contributed by atoms with Crippen molar-refractivity contribution >= 4 is 11.6 Å². The third-order valence-electron chi connectivity index (χ3n) is 5.48. The van der Waals surface area contributed by atoms with Crippen LogP contribution < -0.4 is 10.2 Å². The molecule has 1 N–H and O–H groups in total. The Morgan fingerprint density at radius 2 is 2.20 bits per heavy atom. The summed E-state index contributed by atoms with van der Waals surface area (Å²) in [5, 5.41) is 3.47. The molecule has 0 spiro atoms. The zero-order valence-corrected chi connectivity index (χ0v) is 14.8. The minimum atomic E-state index is -0.184. The minimum Gasteiger partial charge on any atom is -0.335 e. The van der Waals surface area contributed by atoms with E-state index in [1.54, 1.807) is 0 Å². The number of fused-ring (bicyclic) bond motifs is 2. The molecule has 132 valence electrons. The summed E-state index contributed by atoms with van der Waals surface area (Å²) in [6, 6.07) is 8.09. The first-order valence-corrected chi connectivity index (χ1v) is 9.38. The van der Waals surface area contributed by atoms with Crippen LogP contribution in [0.15, 0.2) is 36.7 Å². The van der Waals surface area contributed by atoms with Crippen molar-refractivity contribution in [2.75, 3.05) is 18.0 Å². The van der Waals surface area contributed by atoms with E-state index in [1.807, 2.05) is 24.1 Å². The number of anilines is 1. The summed E-state index contributed by atoms with van der Waals surface area (Å²) < 4.78 is 2.24. The highest BCUT2D eigenvalue weighted by Gasteiger charge is 2.27. The molecule has 4 rings (SSSR count). The lowest BCUT2D eigenvalue weighted by atomic mass is 9.98. The Morgan fingerprint density at radius 1 is 1.32 bits per heavy atom. The molecule has 2 aliphatic heterocycles. The van der Waals surface area contributed by atoms with Gasteiger partial charge in [-0.25, -0.2) is 4.98 Å². The molecule has 2 aliphatic rings. The molecule has 5 heteroatoms. The number of aromatic nitrogens is 2. The number of para-hydroxylation sites is 1.